The zero-order valence-corrected chi connectivity index (χ0v) is 11.5. The van der Waals surface area contributed by atoms with Crippen molar-refractivity contribution >= 4 is 26.9 Å². The molecule has 0 amide bonds. The van der Waals surface area contributed by atoms with E-state index in [1.807, 2.05) is 0 Å². The number of benzene rings is 1. The van der Waals surface area contributed by atoms with Gasteiger partial charge in [-0.3, -0.25) is 16.0 Å². The molecule has 0 radical (unpaired) electrons. The minimum absolute atomic E-state index is 0.0302. The molecule has 0 saturated carbocycles. The van der Waals surface area contributed by atoms with Crippen LogP contribution in [0.4, 0.5) is 17.1 Å². The van der Waals surface area contributed by atoms with E-state index in [0.717, 1.165) is 6.26 Å². The van der Waals surface area contributed by atoms with Crippen LogP contribution in [0.3, 0.4) is 0 Å². The van der Waals surface area contributed by atoms with Crippen LogP contribution in [0.1, 0.15) is 0 Å². The molecule has 0 bridgehead atoms. The van der Waals surface area contributed by atoms with E-state index in [9.17, 15) is 18.5 Å². The quantitative estimate of drug-likeness (QED) is 0.440. The molecule has 0 aromatic heterocycles. The van der Waals surface area contributed by atoms with E-state index in [1.165, 1.54) is 12.1 Å². The van der Waals surface area contributed by atoms with Crippen molar-refractivity contribution in [1.29, 1.82) is 0 Å². The summed E-state index contributed by atoms with van der Waals surface area (Å²) >= 11 is 0. The summed E-state index contributed by atoms with van der Waals surface area (Å²) in [6, 6.07) is 4.27. The normalized spacial score (nSPS) is 11.1. The van der Waals surface area contributed by atoms with Gasteiger partial charge in [-0.25, -0.2) is 8.42 Å². The van der Waals surface area contributed by atoms with Crippen molar-refractivity contribution in [3.8, 4) is 0 Å². The second-order valence-electron chi connectivity index (χ2n) is 4.19. The van der Waals surface area contributed by atoms with Crippen molar-refractivity contribution in [1.82, 2.24) is 0 Å². The molecular weight excluding hydrogens is 272 g/mol. The Kier molecular flexibility index (Phi) is 4.67. The maximum Gasteiger partial charge on any atom is 0.273 e. The van der Waals surface area contributed by atoms with Gasteiger partial charge >= 0.3 is 0 Å². The first-order valence-corrected chi connectivity index (χ1v) is 7.44. The minimum Gasteiger partial charge on any atom is -0.373 e. The number of anilines is 2. The van der Waals surface area contributed by atoms with E-state index < -0.39 is 14.8 Å². The summed E-state index contributed by atoms with van der Waals surface area (Å²) in [5.41, 5.74) is 3.13. The third-order valence-electron chi connectivity index (χ3n) is 2.52. The topological polar surface area (TPSA) is 119 Å². The number of nitrogens with two attached hydrogens (primary N) is 1. The van der Waals surface area contributed by atoms with Gasteiger partial charge in [-0.05, 0) is 6.07 Å². The Morgan fingerprint density at radius 1 is 1.42 bits per heavy atom. The van der Waals surface area contributed by atoms with Crippen LogP contribution in [-0.4, -0.2) is 38.9 Å². The third kappa shape index (κ3) is 4.72. The number of nitrogen functional groups attached to an aromatic ring is 1. The molecular formula is C10H16N4O4S. The second-order valence-corrected chi connectivity index (χ2v) is 6.45. The van der Waals surface area contributed by atoms with Crippen molar-refractivity contribution in [2.24, 2.45) is 5.84 Å². The molecule has 9 heteroatoms. The number of hydrazine groups is 1. The number of non-ortho nitro benzene ring substituents is 1. The largest absolute Gasteiger partial charge is 0.373 e. The van der Waals surface area contributed by atoms with E-state index in [2.05, 4.69) is 5.43 Å². The van der Waals surface area contributed by atoms with Crippen LogP contribution < -0.4 is 16.2 Å². The van der Waals surface area contributed by atoms with Gasteiger partial charge in [-0.2, -0.15) is 0 Å². The van der Waals surface area contributed by atoms with Gasteiger partial charge in [0.2, 0.25) is 0 Å². The molecule has 0 heterocycles. The maximum absolute atomic E-state index is 11.1. The highest BCUT2D eigenvalue weighted by molar-refractivity contribution is 7.90. The predicted octanol–water partition coefficient (Wildman–Crippen LogP) is 0.361. The lowest BCUT2D eigenvalue weighted by Gasteiger charge is -2.19. The van der Waals surface area contributed by atoms with Gasteiger partial charge in [0.15, 0.2) is 0 Å². The van der Waals surface area contributed by atoms with Crippen LogP contribution in [0.2, 0.25) is 0 Å². The lowest BCUT2D eigenvalue weighted by Crippen LogP contribution is -2.25. The average Bonchev–Trinajstić information content (AvgIpc) is 2.34. The predicted molar refractivity (Wildman–Crippen MR) is 73.9 cm³/mol. The average molecular weight is 288 g/mol. The zero-order chi connectivity index (χ0) is 14.6. The first-order chi connectivity index (χ1) is 8.73. The van der Waals surface area contributed by atoms with Gasteiger partial charge in [-0.1, -0.05) is 0 Å². The fourth-order valence-corrected chi connectivity index (χ4v) is 2.04. The fourth-order valence-electron chi connectivity index (χ4n) is 1.44. The standard InChI is InChI=1S/C10H16N4O4S/c1-13(3-4-19(2,17)18)9-5-8(12-11)6-10(7-9)14(15)16/h5-7,12H,3-4,11H2,1-2H3. The summed E-state index contributed by atoms with van der Waals surface area (Å²) in [4.78, 5) is 11.9. The molecule has 1 aromatic carbocycles. The number of hydrogen-bond donors (Lipinski definition) is 2. The maximum atomic E-state index is 11.1. The number of rotatable bonds is 6. The van der Waals surface area contributed by atoms with Crippen LogP contribution >= 0.6 is 0 Å². The van der Waals surface area contributed by atoms with Crippen molar-refractivity contribution < 1.29 is 13.3 Å². The molecule has 0 spiro atoms. The lowest BCUT2D eigenvalue weighted by atomic mass is 10.2. The van der Waals surface area contributed by atoms with Crippen molar-refractivity contribution in [2.45, 2.75) is 0 Å². The van der Waals surface area contributed by atoms with Gasteiger partial charge in [0, 0.05) is 37.7 Å². The van der Waals surface area contributed by atoms with Crippen LogP contribution in [0.5, 0.6) is 0 Å². The highest BCUT2D eigenvalue weighted by Gasteiger charge is 2.13. The molecule has 8 nitrogen and oxygen atoms in total. The summed E-state index contributed by atoms with van der Waals surface area (Å²) in [5.74, 6) is 5.21. The van der Waals surface area contributed by atoms with Gasteiger partial charge in [0.25, 0.3) is 5.69 Å². The Morgan fingerprint density at radius 2 is 2.05 bits per heavy atom. The Hall–Kier alpha value is -1.87. The van der Waals surface area contributed by atoms with E-state index in [0.29, 0.717) is 11.4 Å². The summed E-state index contributed by atoms with van der Waals surface area (Å²) in [5, 5.41) is 10.8. The molecule has 106 valence electrons. The van der Waals surface area contributed by atoms with E-state index in [4.69, 9.17) is 5.84 Å². The van der Waals surface area contributed by atoms with Crippen LogP contribution in [0.15, 0.2) is 18.2 Å². The number of nitro benzene ring substituents is 1. The van der Waals surface area contributed by atoms with E-state index in [-0.39, 0.29) is 18.0 Å². The highest BCUT2D eigenvalue weighted by Crippen LogP contribution is 2.25. The summed E-state index contributed by atoms with van der Waals surface area (Å²) in [6.07, 6.45) is 1.14. The van der Waals surface area contributed by atoms with Crippen molar-refractivity contribution in [3.63, 3.8) is 0 Å². The minimum atomic E-state index is -3.09. The van der Waals surface area contributed by atoms with Crippen LogP contribution in [-0.2, 0) is 9.84 Å². The Labute approximate surface area is 111 Å². The van der Waals surface area contributed by atoms with Crippen molar-refractivity contribution in [2.75, 3.05) is 35.9 Å². The third-order valence-corrected chi connectivity index (χ3v) is 3.44. The van der Waals surface area contributed by atoms with E-state index >= 15 is 0 Å². The SMILES string of the molecule is CN(CCS(C)(=O)=O)c1cc(NN)cc([N+](=O)[O-])c1. The zero-order valence-electron chi connectivity index (χ0n) is 10.7. The first-order valence-electron chi connectivity index (χ1n) is 5.38. The summed E-state index contributed by atoms with van der Waals surface area (Å²) in [7, 11) is -1.43. The smallest absolute Gasteiger partial charge is 0.273 e. The van der Waals surface area contributed by atoms with Crippen LogP contribution in [0, 0.1) is 10.1 Å². The molecule has 0 saturated heterocycles. The number of hydrogen-bond acceptors (Lipinski definition) is 7. The number of nitro groups is 1. The number of sulfone groups is 1. The second kappa shape index (κ2) is 5.85. The van der Waals surface area contributed by atoms with Crippen molar-refractivity contribution in [3.05, 3.63) is 28.3 Å². The van der Waals surface area contributed by atoms with Gasteiger partial charge in [-0.15, -0.1) is 0 Å². The molecule has 1 aromatic rings. The Bertz CT molecular complexity index is 573. The molecule has 0 aliphatic heterocycles. The van der Waals surface area contributed by atoms with Gasteiger partial charge in [0.05, 0.1) is 16.4 Å². The molecule has 0 fully saturated rings. The van der Waals surface area contributed by atoms with Gasteiger partial charge < -0.3 is 10.3 Å². The fraction of sp³-hybridized carbons (Fsp3) is 0.400. The molecule has 0 aliphatic rings. The summed E-state index contributed by atoms with van der Waals surface area (Å²) < 4.78 is 22.2. The monoisotopic (exact) mass is 288 g/mol. The highest BCUT2D eigenvalue weighted by atomic mass is 32.2. The molecule has 0 unspecified atom stereocenters. The lowest BCUT2D eigenvalue weighted by molar-refractivity contribution is -0.384. The molecule has 1 rings (SSSR count). The molecule has 0 atom stereocenters. The molecule has 19 heavy (non-hydrogen) atoms. The Balaban J connectivity index is 2.98. The molecule has 3 N–H and O–H groups in total. The Morgan fingerprint density at radius 3 is 2.53 bits per heavy atom. The first kappa shape index (κ1) is 15.2. The molecule has 0 aliphatic carbocycles. The number of nitrogens with one attached hydrogen (secondary N) is 1. The van der Waals surface area contributed by atoms with Gasteiger partial charge in [0.1, 0.15) is 9.84 Å². The van der Waals surface area contributed by atoms with Crippen LogP contribution in [0.25, 0.3) is 0 Å². The summed E-state index contributed by atoms with van der Waals surface area (Å²) in [6.45, 7) is 0.240. The number of nitrogens with zero attached hydrogens (tertiary/aromatic N) is 2. The van der Waals surface area contributed by atoms with E-state index in [1.54, 1.807) is 18.0 Å².